The third-order valence-electron chi connectivity index (χ3n) is 5.72. The number of hydrogen-bond acceptors (Lipinski definition) is 6. The number of aliphatic hydroxyl groups is 1. The highest BCUT2D eigenvalue weighted by molar-refractivity contribution is 7.90. The number of H-pyrrole nitrogens is 1. The number of morpholine rings is 1. The fourth-order valence-corrected chi connectivity index (χ4v) is 4.62. The molecule has 0 saturated carbocycles. The van der Waals surface area contributed by atoms with E-state index in [1.807, 2.05) is 29.7 Å². The minimum atomic E-state index is -3.48. The lowest BCUT2D eigenvalue weighted by atomic mass is 10.2. The molecule has 2 heterocycles. The van der Waals surface area contributed by atoms with E-state index >= 15 is 0 Å². The molecule has 1 atom stereocenters. The average molecular weight is 487 g/mol. The van der Waals surface area contributed by atoms with E-state index in [-0.39, 0.29) is 41.2 Å². The van der Waals surface area contributed by atoms with Gasteiger partial charge in [0.15, 0.2) is 9.84 Å². The molecule has 4 rings (SSSR count). The van der Waals surface area contributed by atoms with Crippen LogP contribution < -0.4 is 10.5 Å². The molecule has 1 aromatic heterocycles. The van der Waals surface area contributed by atoms with Crippen molar-refractivity contribution in [3.8, 4) is 0 Å². The first kappa shape index (κ1) is 23.9. The van der Waals surface area contributed by atoms with Crippen molar-refractivity contribution >= 4 is 38.4 Å². The zero-order valence-corrected chi connectivity index (χ0v) is 19.7. The SMILES string of the molecule is C[C@H](CCO)n1/c(=N/C(=O)c2cccc(S(C)(=O)=O)c2)[nH]c2cc(N3CCOCC3=O)ccc21. The van der Waals surface area contributed by atoms with E-state index in [2.05, 4.69) is 9.98 Å². The highest BCUT2D eigenvalue weighted by Crippen LogP contribution is 2.24. The summed E-state index contributed by atoms with van der Waals surface area (Å²) < 4.78 is 30.8. The van der Waals surface area contributed by atoms with Crippen LogP contribution in [-0.2, 0) is 19.4 Å². The third kappa shape index (κ3) is 4.81. The van der Waals surface area contributed by atoms with Gasteiger partial charge < -0.3 is 24.3 Å². The molecule has 2 N–H and O–H groups in total. The summed E-state index contributed by atoms with van der Waals surface area (Å²) in [6.45, 7) is 2.77. The number of carbonyl (C=O) groups is 2. The summed E-state index contributed by atoms with van der Waals surface area (Å²) in [5, 5.41) is 9.47. The lowest BCUT2D eigenvalue weighted by Gasteiger charge is -2.26. The van der Waals surface area contributed by atoms with Gasteiger partial charge in [-0.2, -0.15) is 4.99 Å². The Bertz CT molecular complexity index is 1420. The Morgan fingerprint density at radius 1 is 1.26 bits per heavy atom. The molecule has 1 aliphatic heterocycles. The zero-order valence-electron chi connectivity index (χ0n) is 18.9. The highest BCUT2D eigenvalue weighted by atomic mass is 32.2. The van der Waals surface area contributed by atoms with Crippen molar-refractivity contribution in [2.75, 3.05) is 37.5 Å². The molecule has 0 spiro atoms. The predicted molar refractivity (Wildman–Crippen MR) is 125 cm³/mol. The molecule has 11 heteroatoms. The van der Waals surface area contributed by atoms with Gasteiger partial charge in [-0.3, -0.25) is 9.59 Å². The van der Waals surface area contributed by atoms with Crippen LogP contribution in [0, 0.1) is 0 Å². The second-order valence-corrected chi connectivity index (χ2v) is 10.2. The Hall–Kier alpha value is -3.28. The molecule has 34 heavy (non-hydrogen) atoms. The molecule has 0 aliphatic carbocycles. The molecule has 3 aromatic rings. The maximum Gasteiger partial charge on any atom is 0.280 e. The second-order valence-electron chi connectivity index (χ2n) is 8.20. The summed E-state index contributed by atoms with van der Waals surface area (Å²) in [5.74, 6) is -0.741. The summed E-state index contributed by atoms with van der Waals surface area (Å²) in [7, 11) is -3.48. The van der Waals surface area contributed by atoms with Crippen LogP contribution in [0.5, 0.6) is 0 Å². The van der Waals surface area contributed by atoms with E-state index in [1.165, 1.54) is 24.3 Å². The quantitative estimate of drug-likeness (QED) is 0.541. The molecule has 0 unspecified atom stereocenters. The van der Waals surface area contributed by atoms with Crippen LogP contribution in [0.1, 0.15) is 29.7 Å². The van der Waals surface area contributed by atoms with Gasteiger partial charge in [0, 0.05) is 36.7 Å². The number of ether oxygens (including phenoxy) is 1. The molecule has 2 amide bonds. The van der Waals surface area contributed by atoms with Crippen molar-refractivity contribution in [2.45, 2.75) is 24.3 Å². The number of aliphatic hydroxyl groups excluding tert-OH is 1. The van der Waals surface area contributed by atoms with Crippen molar-refractivity contribution in [3.63, 3.8) is 0 Å². The zero-order chi connectivity index (χ0) is 24.5. The minimum Gasteiger partial charge on any atom is -0.396 e. The normalized spacial score (nSPS) is 16.3. The van der Waals surface area contributed by atoms with Gasteiger partial charge in [0.1, 0.15) is 6.61 Å². The van der Waals surface area contributed by atoms with E-state index in [0.717, 1.165) is 11.8 Å². The maximum absolute atomic E-state index is 12.9. The number of fused-ring (bicyclic) bond motifs is 1. The van der Waals surface area contributed by atoms with Gasteiger partial charge in [-0.05, 0) is 49.7 Å². The topological polar surface area (TPSA) is 134 Å². The first-order valence-electron chi connectivity index (χ1n) is 10.8. The minimum absolute atomic E-state index is 0.0257. The summed E-state index contributed by atoms with van der Waals surface area (Å²) >= 11 is 0. The van der Waals surface area contributed by atoms with Crippen LogP contribution in [0.25, 0.3) is 11.0 Å². The third-order valence-corrected chi connectivity index (χ3v) is 6.83. The van der Waals surface area contributed by atoms with E-state index in [4.69, 9.17) is 4.74 Å². The number of benzene rings is 2. The number of anilines is 1. The number of nitrogens with one attached hydrogen (secondary N) is 1. The molecule has 10 nitrogen and oxygen atoms in total. The van der Waals surface area contributed by atoms with Crippen LogP contribution in [0.2, 0.25) is 0 Å². The van der Waals surface area contributed by atoms with Crippen molar-refractivity contribution in [2.24, 2.45) is 4.99 Å². The van der Waals surface area contributed by atoms with Crippen LogP contribution in [0.3, 0.4) is 0 Å². The first-order valence-corrected chi connectivity index (χ1v) is 12.7. The van der Waals surface area contributed by atoms with Gasteiger partial charge in [-0.1, -0.05) is 6.07 Å². The number of nitrogens with zero attached hydrogens (tertiary/aromatic N) is 3. The van der Waals surface area contributed by atoms with Gasteiger partial charge >= 0.3 is 0 Å². The van der Waals surface area contributed by atoms with Crippen LogP contribution in [0.15, 0.2) is 52.4 Å². The first-order chi connectivity index (χ1) is 16.2. The van der Waals surface area contributed by atoms with Crippen LogP contribution >= 0.6 is 0 Å². The second kappa shape index (κ2) is 9.53. The van der Waals surface area contributed by atoms with Crippen molar-refractivity contribution in [1.29, 1.82) is 0 Å². The Kier molecular flexibility index (Phi) is 6.69. The highest BCUT2D eigenvalue weighted by Gasteiger charge is 2.22. The number of imidazole rings is 1. The number of rotatable bonds is 6. The molecule has 2 aromatic carbocycles. The van der Waals surface area contributed by atoms with Crippen LogP contribution in [-0.4, -0.2) is 67.5 Å². The van der Waals surface area contributed by atoms with Crippen molar-refractivity contribution < 1.29 is 27.9 Å². The number of sulfone groups is 1. The summed E-state index contributed by atoms with van der Waals surface area (Å²) in [4.78, 5) is 34.3. The summed E-state index contributed by atoms with van der Waals surface area (Å²) in [6.07, 6.45) is 1.51. The molecule has 0 bridgehead atoms. The van der Waals surface area contributed by atoms with Crippen molar-refractivity contribution in [3.05, 3.63) is 53.6 Å². The number of amides is 2. The Morgan fingerprint density at radius 3 is 2.76 bits per heavy atom. The molecule has 0 radical (unpaired) electrons. The smallest absolute Gasteiger partial charge is 0.280 e. The molecular weight excluding hydrogens is 460 g/mol. The van der Waals surface area contributed by atoms with E-state index in [0.29, 0.717) is 30.8 Å². The lowest BCUT2D eigenvalue weighted by Crippen LogP contribution is -2.41. The predicted octanol–water partition coefficient (Wildman–Crippen LogP) is 1.42. The molecular formula is C23H26N4O6S. The van der Waals surface area contributed by atoms with E-state index in [9.17, 15) is 23.1 Å². The standard InChI is InChI=1S/C23H26N4O6S/c1-15(8-10-28)27-20-7-6-17(26-9-11-33-14-21(26)29)13-19(20)24-23(27)25-22(30)16-4-3-5-18(12-16)34(2,31)32/h3-7,12-13,15,28H,8-11,14H2,1-2H3,(H,24,25,30)/t15-/m1/s1. The summed E-state index contributed by atoms with van der Waals surface area (Å²) in [5.41, 5.74) is 2.52. The largest absolute Gasteiger partial charge is 0.396 e. The number of aromatic amines is 1. The van der Waals surface area contributed by atoms with Gasteiger partial charge in [0.05, 0.1) is 22.5 Å². The molecule has 1 fully saturated rings. The summed E-state index contributed by atoms with van der Waals surface area (Å²) in [6, 6.07) is 11.0. The van der Waals surface area contributed by atoms with Gasteiger partial charge in [-0.25, -0.2) is 8.42 Å². The average Bonchev–Trinajstić information content (AvgIpc) is 3.16. The Balaban J connectivity index is 1.82. The monoisotopic (exact) mass is 486 g/mol. The fraction of sp³-hybridized carbons (Fsp3) is 0.348. The fourth-order valence-electron chi connectivity index (χ4n) is 3.95. The number of carbonyl (C=O) groups excluding carboxylic acids is 2. The Labute approximate surface area is 196 Å². The van der Waals surface area contributed by atoms with Crippen LogP contribution in [0.4, 0.5) is 5.69 Å². The lowest BCUT2D eigenvalue weighted by molar-refractivity contribution is -0.125. The van der Waals surface area contributed by atoms with E-state index < -0.39 is 15.7 Å². The molecule has 1 aliphatic rings. The number of aromatic nitrogens is 2. The van der Waals surface area contributed by atoms with E-state index in [1.54, 1.807) is 4.90 Å². The number of hydrogen-bond donors (Lipinski definition) is 2. The molecule has 1 saturated heterocycles. The molecule has 180 valence electrons. The van der Waals surface area contributed by atoms with Gasteiger partial charge in [-0.15, -0.1) is 0 Å². The van der Waals surface area contributed by atoms with Crippen molar-refractivity contribution in [1.82, 2.24) is 9.55 Å². The Morgan fingerprint density at radius 2 is 2.06 bits per heavy atom. The van der Waals surface area contributed by atoms with Gasteiger partial charge in [0.2, 0.25) is 5.62 Å². The maximum atomic E-state index is 12.9. The van der Waals surface area contributed by atoms with Gasteiger partial charge in [0.25, 0.3) is 11.8 Å².